The highest BCUT2D eigenvalue weighted by molar-refractivity contribution is 5.91. The Morgan fingerprint density at radius 3 is 2.59 bits per heavy atom. The second-order valence-electron chi connectivity index (χ2n) is 7.27. The summed E-state index contributed by atoms with van der Waals surface area (Å²) in [5.74, 6) is 0.687. The number of hydrogen-bond acceptors (Lipinski definition) is 4. The van der Waals surface area contributed by atoms with Gasteiger partial charge in [-0.05, 0) is 56.1 Å². The minimum Gasteiger partial charge on any atom is -0.497 e. The van der Waals surface area contributed by atoms with E-state index in [9.17, 15) is 18.0 Å². The number of rotatable bonds is 7. The lowest BCUT2D eigenvalue weighted by molar-refractivity contribution is -0.137. The van der Waals surface area contributed by atoms with E-state index in [1.165, 1.54) is 16.9 Å². The van der Waals surface area contributed by atoms with Gasteiger partial charge in [-0.25, -0.2) is 9.48 Å². The largest absolute Gasteiger partial charge is 0.497 e. The summed E-state index contributed by atoms with van der Waals surface area (Å²) in [7, 11) is 5.31. The van der Waals surface area contributed by atoms with Gasteiger partial charge in [-0.3, -0.25) is 0 Å². The third-order valence-electron chi connectivity index (χ3n) is 4.88. The number of aromatic nitrogens is 2. The zero-order valence-electron chi connectivity index (χ0n) is 17.8. The Kier molecular flexibility index (Phi) is 7.04. The van der Waals surface area contributed by atoms with E-state index in [-0.39, 0.29) is 18.3 Å². The molecule has 32 heavy (non-hydrogen) atoms. The third kappa shape index (κ3) is 5.58. The molecular weight excluding hydrogens is 423 g/mol. The first kappa shape index (κ1) is 23.1. The second kappa shape index (κ2) is 9.73. The second-order valence-corrected chi connectivity index (χ2v) is 7.27. The summed E-state index contributed by atoms with van der Waals surface area (Å²) in [6.07, 6.45) is -1.47. The number of amides is 2. The van der Waals surface area contributed by atoms with Crippen LogP contribution in [-0.4, -0.2) is 48.5 Å². The lowest BCUT2D eigenvalue weighted by Gasteiger charge is -2.25. The van der Waals surface area contributed by atoms with E-state index in [4.69, 9.17) is 4.74 Å². The van der Waals surface area contributed by atoms with Crippen LogP contribution in [0.1, 0.15) is 17.2 Å². The first-order valence-electron chi connectivity index (χ1n) is 9.75. The number of methoxy groups -OCH3 is 1. The summed E-state index contributed by atoms with van der Waals surface area (Å²) >= 11 is 0. The van der Waals surface area contributed by atoms with Crippen LogP contribution in [0.4, 0.5) is 23.7 Å². The fourth-order valence-electron chi connectivity index (χ4n) is 3.23. The molecule has 10 heteroatoms. The molecule has 2 amide bonds. The lowest BCUT2D eigenvalue weighted by atomic mass is 10.1. The van der Waals surface area contributed by atoms with Crippen LogP contribution in [0, 0.1) is 0 Å². The molecule has 0 saturated heterocycles. The molecule has 7 nitrogen and oxygen atoms in total. The van der Waals surface area contributed by atoms with Gasteiger partial charge in [0.15, 0.2) is 0 Å². The molecule has 2 N–H and O–H groups in total. The van der Waals surface area contributed by atoms with E-state index < -0.39 is 17.8 Å². The number of alkyl halides is 3. The standard InChI is InChI=1S/C22H24F3N5O2/c1-29(2)20(15-6-4-7-17(12-15)32-3)14-26-21(31)28-18-13-16(22(23,24)25)8-9-19(18)30-11-5-10-27-30/h4-13,20H,14H2,1-3H3,(H2,26,28,31). The van der Waals surface area contributed by atoms with E-state index in [2.05, 4.69) is 15.7 Å². The number of halogens is 3. The summed E-state index contributed by atoms with van der Waals surface area (Å²) in [5, 5.41) is 9.31. The fraction of sp³-hybridized carbons (Fsp3) is 0.273. The number of benzene rings is 2. The van der Waals surface area contributed by atoms with Gasteiger partial charge in [0.1, 0.15) is 5.75 Å². The van der Waals surface area contributed by atoms with Gasteiger partial charge >= 0.3 is 12.2 Å². The Bertz CT molecular complexity index is 1050. The maximum atomic E-state index is 13.2. The molecule has 170 valence electrons. The van der Waals surface area contributed by atoms with Crippen molar-refractivity contribution < 1.29 is 22.7 Å². The highest BCUT2D eigenvalue weighted by atomic mass is 19.4. The van der Waals surface area contributed by atoms with Gasteiger partial charge in [-0.15, -0.1) is 0 Å². The summed E-state index contributed by atoms with van der Waals surface area (Å²) in [5.41, 5.74) is 0.358. The number of carbonyl (C=O) groups excluding carboxylic acids is 1. The number of nitrogens with zero attached hydrogens (tertiary/aromatic N) is 3. The minimum absolute atomic E-state index is 0.0104. The van der Waals surface area contributed by atoms with E-state index >= 15 is 0 Å². The lowest BCUT2D eigenvalue weighted by Crippen LogP contribution is -2.37. The molecule has 1 unspecified atom stereocenters. The van der Waals surface area contributed by atoms with E-state index in [0.29, 0.717) is 11.4 Å². The molecular formula is C22H24F3N5O2. The number of ether oxygens (including phenoxy) is 1. The van der Waals surface area contributed by atoms with Crippen LogP contribution in [-0.2, 0) is 6.18 Å². The molecule has 0 aliphatic heterocycles. The Labute approximate surface area is 183 Å². The molecule has 0 bridgehead atoms. The predicted octanol–water partition coefficient (Wildman–Crippen LogP) is 4.32. The molecule has 0 spiro atoms. The zero-order chi connectivity index (χ0) is 23.3. The smallest absolute Gasteiger partial charge is 0.416 e. The van der Waals surface area contributed by atoms with Crippen molar-refractivity contribution in [1.29, 1.82) is 0 Å². The molecule has 1 atom stereocenters. The molecule has 1 heterocycles. The maximum Gasteiger partial charge on any atom is 0.416 e. The van der Waals surface area contributed by atoms with Crippen LogP contribution in [0.3, 0.4) is 0 Å². The van der Waals surface area contributed by atoms with Gasteiger partial charge in [0, 0.05) is 18.9 Å². The number of nitrogens with one attached hydrogen (secondary N) is 2. The fourth-order valence-corrected chi connectivity index (χ4v) is 3.23. The van der Waals surface area contributed by atoms with Gasteiger partial charge < -0.3 is 20.3 Å². The number of anilines is 1. The molecule has 3 rings (SSSR count). The number of likely N-dealkylation sites (N-methyl/N-ethyl adjacent to an activating group) is 1. The van der Waals surface area contributed by atoms with Crippen molar-refractivity contribution in [1.82, 2.24) is 20.0 Å². The van der Waals surface area contributed by atoms with Crippen LogP contribution in [0.5, 0.6) is 5.75 Å². The topological polar surface area (TPSA) is 71.4 Å². The van der Waals surface area contributed by atoms with Gasteiger partial charge in [-0.2, -0.15) is 18.3 Å². The normalized spacial score (nSPS) is 12.5. The van der Waals surface area contributed by atoms with Crippen LogP contribution < -0.4 is 15.4 Å². The molecule has 0 radical (unpaired) electrons. The van der Waals surface area contributed by atoms with Gasteiger partial charge in [-0.1, -0.05) is 12.1 Å². The Hall–Kier alpha value is -3.53. The summed E-state index contributed by atoms with van der Waals surface area (Å²) in [4.78, 5) is 14.5. The molecule has 0 fully saturated rings. The minimum atomic E-state index is -4.54. The van der Waals surface area contributed by atoms with Crippen molar-refractivity contribution in [3.8, 4) is 11.4 Å². The van der Waals surface area contributed by atoms with E-state index in [1.807, 2.05) is 43.3 Å². The summed E-state index contributed by atoms with van der Waals surface area (Å²) < 4.78 is 46.3. The zero-order valence-corrected chi connectivity index (χ0v) is 17.8. The summed E-state index contributed by atoms with van der Waals surface area (Å²) in [6.45, 7) is 0.224. The van der Waals surface area contributed by atoms with Gasteiger partial charge in [0.05, 0.1) is 30.1 Å². The molecule has 0 aliphatic carbocycles. The number of hydrogen-bond donors (Lipinski definition) is 2. The van der Waals surface area contributed by atoms with Gasteiger partial charge in [0.25, 0.3) is 0 Å². The average molecular weight is 447 g/mol. The first-order valence-corrected chi connectivity index (χ1v) is 9.75. The predicted molar refractivity (Wildman–Crippen MR) is 115 cm³/mol. The number of carbonyl (C=O) groups is 1. The van der Waals surface area contributed by atoms with Crippen LogP contribution >= 0.6 is 0 Å². The third-order valence-corrected chi connectivity index (χ3v) is 4.88. The quantitative estimate of drug-likeness (QED) is 0.566. The van der Waals surface area contributed by atoms with Crippen LogP contribution in [0.25, 0.3) is 5.69 Å². The van der Waals surface area contributed by atoms with E-state index in [1.54, 1.807) is 19.4 Å². The maximum absolute atomic E-state index is 13.2. The first-order chi connectivity index (χ1) is 15.2. The number of urea groups is 1. The van der Waals surface area contributed by atoms with Gasteiger partial charge in [0.2, 0.25) is 0 Å². The summed E-state index contributed by atoms with van der Waals surface area (Å²) in [6, 6.07) is 11.4. The Morgan fingerprint density at radius 1 is 1.19 bits per heavy atom. The van der Waals surface area contributed by atoms with Crippen molar-refractivity contribution in [3.05, 3.63) is 72.1 Å². The average Bonchev–Trinajstić information content (AvgIpc) is 3.28. The van der Waals surface area contributed by atoms with Crippen LogP contribution in [0.15, 0.2) is 60.9 Å². The van der Waals surface area contributed by atoms with Crippen molar-refractivity contribution in [3.63, 3.8) is 0 Å². The monoisotopic (exact) mass is 447 g/mol. The Morgan fingerprint density at radius 2 is 1.97 bits per heavy atom. The highest BCUT2D eigenvalue weighted by Crippen LogP contribution is 2.33. The van der Waals surface area contributed by atoms with Crippen molar-refractivity contribution in [2.45, 2.75) is 12.2 Å². The van der Waals surface area contributed by atoms with Crippen molar-refractivity contribution in [2.75, 3.05) is 33.1 Å². The van der Waals surface area contributed by atoms with E-state index in [0.717, 1.165) is 17.7 Å². The van der Waals surface area contributed by atoms with Crippen LogP contribution in [0.2, 0.25) is 0 Å². The molecule has 1 aromatic heterocycles. The highest BCUT2D eigenvalue weighted by Gasteiger charge is 2.31. The Balaban J connectivity index is 1.78. The molecule has 0 saturated carbocycles. The molecule has 0 aliphatic rings. The molecule has 2 aromatic carbocycles. The SMILES string of the molecule is COc1cccc(C(CNC(=O)Nc2cc(C(F)(F)F)ccc2-n2cccn2)N(C)C)c1. The van der Waals surface area contributed by atoms with Crippen molar-refractivity contribution in [2.24, 2.45) is 0 Å². The molecule has 3 aromatic rings. The van der Waals surface area contributed by atoms with Crippen molar-refractivity contribution >= 4 is 11.7 Å².